The average Bonchev–Trinajstić information content (AvgIpc) is 2.52. The highest BCUT2D eigenvalue weighted by Gasteiger charge is 2.17. The van der Waals surface area contributed by atoms with E-state index in [9.17, 15) is 4.79 Å². The van der Waals surface area contributed by atoms with Gasteiger partial charge in [-0.05, 0) is 31.2 Å². The first-order chi connectivity index (χ1) is 11.0. The van der Waals surface area contributed by atoms with E-state index in [1.165, 1.54) is 6.92 Å². The Kier molecular flexibility index (Phi) is 4.89. The molecule has 1 aromatic heterocycles. The number of carbonyl (C=O) groups excluding carboxylic acids is 1. The van der Waals surface area contributed by atoms with Crippen molar-refractivity contribution in [1.29, 1.82) is 5.26 Å². The minimum Gasteiger partial charge on any atom is -0.479 e. The Morgan fingerprint density at radius 1 is 1.22 bits per heavy atom. The van der Waals surface area contributed by atoms with Crippen LogP contribution in [-0.4, -0.2) is 27.0 Å². The highest BCUT2D eigenvalue weighted by molar-refractivity contribution is 5.74. The Morgan fingerprint density at radius 2 is 1.83 bits per heavy atom. The summed E-state index contributed by atoms with van der Waals surface area (Å²) < 4.78 is 10.5. The van der Waals surface area contributed by atoms with E-state index in [-0.39, 0.29) is 24.3 Å². The molecular weight excluding hydrogens is 300 g/mol. The van der Waals surface area contributed by atoms with Gasteiger partial charge in [-0.1, -0.05) is 0 Å². The molecule has 9 heteroatoms. The fraction of sp³-hybridized carbons (Fsp3) is 0.214. The molecule has 0 radical (unpaired) electrons. The van der Waals surface area contributed by atoms with Gasteiger partial charge in [-0.2, -0.15) is 20.2 Å². The lowest BCUT2D eigenvalue weighted by Crippen LogP contribution is -2.26. The number of esters is 1. The number of aromatic nitrogens is 3. The van der Waals surface area contributed by atoms with E-state index in [1.54, 1.807) is 24.3 Å². The van der Waals surface area contributed by atoms with E-state index in [2.05, 4.69) is 15.0 Å². The minimum atomic E-state index is -0.848. The second-order valence-corrected chi connectivity index (χ2v) is 4.47. The highest BCUT2D eigenvalue weighted by atomic mass is 16.6. The van der Waals surface area contributed by atoms with Crippen LogP contribution in [0.1, 0.15) is 18.3 Å². The number of anilines is 2. The molecule has 0 fully saturated rings. The van der Waals surface area contributed by atoms with Gasteiger partial charge in [-0.15, -0.1) is 0 Å². The number of hydrogen-bond donors (Lipinski definition) is 2. The van der Waals surface area contributed by atoms with Crippen LogP contribution in [0.2, 0.25) is 0 Å². The molecule has 0 saturated carbocycles. The van der Waals surface area contributed by atoms with Gasteiger partial charge >= 0.3 is 5.97 Å². The van der Waals surface area contributed by atoms with Crippen molar-refractivity contribution in [3.05, 3.63) is 35.7 Å². The zero-order valence-corrected chi connectivity index (χ0v) is 12.3. The fourth-order valence-electron chi connectivity index (χ4n) is 1.63. The lowest BCUT2D eigenvalue weighted by molar-refractivity contribution is -0.152. The van der Waals surface area contributed by atoms with Crippen LogP contribution in [0.25, 0.3) is 0 Å². The summed E-state index contributed by atoms with van der Waals surface area (Å²) >= 11 is 0. The molecular formula is C14H14N6O3. The van der Waals surface area contributed by atoms with Crippen LogP contribution >= 0.6 is 0 Å². The van der Waals surface area contributed by atoms with Crippen LogP contribution in [0.4, 0.5) is 11.9 Å². The van der Waals surface area contributed by atoms with E-state index in [4.69, 9.17) is 26.2 Å². The Balaban J connectivity index is 1.90. The third-order valence-corrected chi connectivity index (χ3v) is 2.69. The molecule has 1 heterocycles. The molecule has 0 amide bonds. The largest absolute Gasteiger partial charge is 0.479 e. The molecule has 1 aromatic carbocycles. The first-order valence-electron chi connectivity index (χ1n) is 6.57. The maximum Gasteiger partial charge on any atom is 0.347 e. The van der Waals surface area contributed by atoms with Crippen LogP contribution in [0.3, 0.4) is 0 Å². The second kappa shape index (κ2) is 7.04. The Labute approximate surface area is 131 Å². The standard InChI is InChI=1S/C14H14N6O3/c1-8(23-10-4-2-9(6-15)3-5-10)12(21)22-7-11-18-13(16)20-14(17)19-11/h2-5,8H,7H2,1H3,(H4,16,17,18,19,20)/t8-/m0/s1. The number of nitriles is 1. The van der Waals surface area contributed by atoms with Crippen LogP contribution in [-0.2, 0) is 16.1 Å². The summed E-state index contributed by atoms with van der Waals surface area (Å²) in [5.41, 5.74) is 11.3. The molecule has 0 spiro atoms. The molecule has 0 aliphatic heterocycles. The summed E-state index contributed by atoms with van der Waals surface area (Å²) in [7, 11) is 0. The highest BCUT2D eigenvalue weighted by Crippen LogP contribution is 2.14. The number of benzene rings is 1. The molecule has 118 valence electrons. The van der Waals surface area contributed by atoms with E-state index in [0.717, 1.165) is 0 Å². The first kappa shape index (κ1) is 16.0. The van der Waals surface area contributed by atoms with Gasteiger partial charge in [-0.3, -0.25) is 0 Å². The maximum absolute atomic E-state index is 11.9. The van der Waals surface area contributed by atoms with Gasteiger partial charge in [0.15, 0.2) is 18.5 Å². The van der Waals surface area contributed by atoms with Gasteiger partial charge in [0.25, 0.3) is 0 Å². The summed E-state index contributed by atoms with van der Waals surface area (Å²) in [5.74, 6) is -0.112. The van der Waals surface area contributed by atoms with Gasteiger partial charge in [-0.25, -0.2) is 4.79 Å². The van der Waals surface area contributed by atoms with E-state index < -0.39 is 12.1 Å². The number of rotatable bonds is 5. The van der Waals surface area contributed by atoms with Gasteiger partial charge in [0.05, 0.1) is 11.6 Å². The predicted molar refractivity (Wildman–Crippen MR) is 79.7 cm³/mol. The van der Waals surface area contributed by atoms with Crippen LogP contribution in [0.5, 0.6) is 5.75 Å². The molecule has 0 aliphatic rings. The van der Waals surface area contributed by atoms with Crippen molar-refractivity contribution in [2.45, 2.75) is 19.6 Å². The minimum absolute atomic E-state index is 0.0505. The van der Waals surface area contributed by atoms with Crippen molar-refractivity contribution >= 4 is 17.9 Å². The molecule has 0 saturated heterocycles. The number of carbonyl (C=O) groups is 1. The molecule has 0 unspecified atom stereocenters. The van der Waals surface area contributed by atoms with Crippen LogP contribution < -0.4 is 16.2 Å². The Morgan fingerprint density at radius 3 is 2.39 bits per heavy atom. The quantitative estimate of drug-likeness (QED) is 0.748. The number of nitrogens with two attached hydrogens (primary N) is 2. The number of nitrogens with zero attached hydrogens (tertiary/aromatic N) is 4. The van der Waals surface area contributed by atoms with Crippen molar-refractivity contribution < 1.29 is 14.3 Å². The van der Waals surface area contributed by atoms with Crippen LogP contribution in [0, 0.1) is 11.3 Å². The number of hydrogen-bond acceptors (Lipinski definition) is 9. The van der Waals surface area contributed by atoms with Crippen molar-refractivity contribution in [1.82, 2.24) is 15.0 Å². The summed E-state index contributed by atoms with van der Waals surface area (Å²) in [6.07, 6.45) is -0.848. The smallest absolute Gasteiger partial charge is 0.347 e. The summed E-state index contributed by atoms with van der Waals surface area (Å²) in [6.45, 7) is 1.34. The molecule has 1 atom stereocenters. The van der Waals surface area contributed by atoms with Crippen molar-refractivity contribution in [3.8, 4) is 11.8 Å². The molecule has 0 bridgehead atoms. The summed E-state index contributed by atoms with van der Waals surface area (Å²) in [5, 5.41) is 8.72. The fourth-order valence-corrected chi connectivity index (χ4v) is 1.63. The second-order valence-electron chi connectivity index (χ2n) is 4.47. The van der Waals surface area contributed by atoms with E-state index in [0.29, 0.717) is 11.3 Å². The normalized spacial score (nSPS) is 11.3. The third-order valence-electron chi connectivity index (χ3n) is 2.69. The van der Waals surface area contributed by atoms with Gasteiger partial charge in [0.1, 0.15) is 5.75 Å². The van der Waals surface area contributed by atoms with Crippen LogP contribution in [0.15, 0.2) is 24.3 Å². The molecule has 4 N–H and O–H groups in total. The zero-order valence-electron chi connectivity index (χ0n) is 12.3. The average molecular weight is 314 g/mol. The predicted octanol–water partition coefficient (Wildman–Crippen LogP) is 0.418. The van der Waals surface area contributed by atoms with Crippen molar-refractivity contribution in [2.24, 2.45) is 0 Å². The molecule has 2 aromatic rings. The van der Waals surface area contributed by atoms with Crippen molar-refractivity contribution in [3.63, 3.8) is 0 Å². The summed E-state index contributed by atoms with van der Waals surface area (Å²) in [6, 6.07) is 8.35. The Hall–Kier alpha value is -3.41. The number of ether oxygens (including phenoxy) is 2. The molecule has 0 aliphatic carbocycles. The SMILES string of the molecule is C[C@H](Oc1ccc(C#N)cc1)C(=O)OCc1nc(N)nc(N)n1. The third kappa shape index (κ3) is 4.53. The van der Waals surface area contributed by atoms with Gasteiger partial charge < -0.3 is 20.9 Å². The van der Waals surface area contributed by atoms with Crippen molar-refractivity contribution in [2.75, 3.05) is 11.5 Å². The topological polar surface area (TPSA) is 150 Å². The number of nitrogen functional groups attached to an aromatic ring is 2. The zero-order chi connectivity index (χ0) is 16.8. The molecule has 2 rings (SSSR count). The molecule has 23 heavy (non-hydrogen) atoms. The van der Waals surface area contributed by atoms with E-state index in [1.807, 2.05) is 6.07 Å². The lowest BCUT2D eigenvalue weighted by Gasteiger charge is -2.13. The van der Waals surface area contributed by atoms with Gasteiger partial charge in [0, 0.05) is 0 Å². The van der Waals surface area contributed by atoms with Gasteiger partial charge in [0.2, 0.25) is 11.9 Å². The molecule has 9 nitrogen and oxygen atoms in total. The Bertz CT molecular complexity index is 721. The summed E-state index contributed by atoms with van der Waals surface area (Å²) in [4.78, 5) is 23.1. The lowest BCUT2D eigenvalue weighted by atomic mass is 10.2. The maximum atomic E-state index is 11.9. The van der Waals surface area contributed by atoms with E-state index >= 15 is 0 Å². The monoisotopic (exact) mass is 314 g/mol. The first-order valence-corrected chi connectivity index (χ1v) is 6.57.